The van der Waals surface area contributed by atoms with Crippen molar-refractivity contribution in [2.24, 2.45) is 0 Å². The van der Waals surface area contributed by atoms with Crippen molar-refractivity contribution in [1.82, 2.24) is 4.98 Å². The fourth-order valence-electron chi connectivity index (χ4n) is 1.14. The second-order valence-corrected chi connectivity index (χ2v) is 3.15. The van der Waals surface area contributed by atoms with E-state index in [-0.39, 0.29) is 35.8 Å². The minimum absolute atomic E-state index is 0.147. The Labute approximate surface area is 91.5 Å². The maximum absolute atomic E-state index is 7.88. The highest BCUT2D eigenvalue weighted by atomic mass is 14.7. The van der Waals surface area contributed by atoms with Crippen LogP contribution in [-0.4, -0.2) is 4.98 Å². The number of aryl methyl sites for hydroxylation is 2. The van der Waals surface area contributed by atoms with Crippen molar-refractivity contribution in [2.75, 3.05) is 0 Å². The van der Waals surface area contributed by atoms with Gasteiger partial charge in [-0.3, -0.25) is 4.98 Å². The lowest BCUT2D eigenvalue weighted by atomic mass is 10.1. The Hall–Kier alpha value is -1.63. The zero-order valence-electron chi connectivity index (χ0n) is 13.1. The van der Waals surface area contributed by atoms with Gasteiger partial charge in [0.1, 0.15) is 0 Å². The largest absolute Gasteiger partial charge is 0.256 e. The van der Waals surface area contributed by atoms with Crippen molar-refractivity contribution in [3.63, 3.8) is 0 Å². The molecule has 0 saturated heterocycles. The van der Waals surface area contributed by atoms with Gasteiger partial charge in [-0.25, -0.2) is 0 Å². The standard InChI is InChI=1S/C13H13N/c1-10-8-13(14-9-11(10)2)12-6-4-3-5-7-12/h3-9H,1-2H3/i3D,4D,5D,6D,7D. The van der Waals surface area contributed by atoms with E-state index in [9.17, 15) is 0 Å². The molecule has 1 aromatic carbocycles. The molecule has 1 heterocycles. The van der Waals surface area contributed by atoms with Crippen molar-refractivity contribution >= 4 is 0 Å². The van der Waals surface area contributed by atoms with Gasteiger partial charge >= 0.3 is 0 Å². The number of hydrogen-bond acceptors (Lipinski definition) is 1. The van der Waals surface area contributed by atoms with Gasteiger partial charge in [-0.15, -0.1) is 0 Å². The van der Waals surface area contributed by atoms with Gasteiger partial charge in [-0.05, 0) is 31.0 Å². The highest BCUT2D eigenvalue weighted by molar-refractivity contribution is 5.59. The Morgan fingerprint density at radius 1 is 1.07 bits per heavy atom. The Bertz CT molecular complexity index is 638. The molecule has 1 aromatic heterocycles. The first-order valence-corrected chi connectivity index (χ1v) is 4.35. The van der Waals surface area contributed by atoms with Gasteiger partial charge in [0.15, 0.2) is 0 Å². The van der Waals surface area contributed by atoms with Crippen LogP contribution in [0.2, 0.25) is 0 Å². The summed E-state index contributed by atoms with van der Waals surface area (Å²) in [6.07, 6.45) is 1.64. The molecule has 14 heavy (non-hydrogen) atoms. The summed E-state index contributed by atoms with van der Waals surface area (Å²) in [6.45, 7) is 3.81. The molecule has 70 valence electrons. The van der Waals surface area contributed by atoms with Crippen molar-refractivity contribution in [3.8, 4) is 11.3 Å². The summed E-state index contributed by atoms with van der Waals surface area (Å²) >= 11 is 0. The Kier molecular flexibility index (Phi) is 1.23. The van der Waals surface area contributed by atoms with Crippen LogP contribution in [0.4, 0.5) is 0 Å². The van der Waals surface area contributed by atoms with Crippen LogP contribution in [0.25, 0.3) is 11.3 Å². The average Bonchev–Trinajstić information content (AvgIpc) is 2.38. The van der Waals surface area contributed by atoms with Gasteiger partial charge in [0.05, 0.1) is 12.5 Å². The molecule has 0 aliphatic carbocycles. The fourth-order valence-corrected chi connectivity index (χ4v) is 1.14. The van der Waals surface area contributed by atoms with Crippen molar-refractivity contribution in [2.45, 2.75) is 13.8 Å². The molecule has 1 nitrogen and oxygen atoms in total. The van der Waals surface area contributed by atoms with E-state index in [1.807, 2.05) is 13.8 Å². The summed E-state index contributed by atoms with van der Waals surface area (Å²) < 4.78 is 38.6. The third kappa shape index (κ3) is 1.67. The minimum Gasteiger partial charge on any atom is -0.256 e. The second kappa shape index (κ2) is 3.62. The monoisotopic (exact) mass is 188 g/mol. The maximum atomic E-state index is 7.88. The van der Waals surface area contributed by atoms with E-state index in [0.29, 0.717) is 5.69 Å². The van der Waals surface area contributed by atoms with Crippen molar-refractivity contribution < 1.29 is 6.85 Å². The van der Waals surface area contributed by atoms with Gasteiger partial charge in [0, 0.05) is 11.8 Å². The number of benzene rings is 1. The predicted octanol–water partition coefficient (Wildman–Crippen LogP) is 3.37. The zero-order valence-corrected chi connectivity index (χ0v) is 8.10. The first-order valence-electron chi connectivity index (χ1n) is 6.85. The second-order valence-electron chi connectivity index (χ2n) is 3.15. The highest BCUT2D eigenvalue weighted by Crippen LogP contribution is 2.18. The van der Waals surface area contributed by atoms with Gasteiger partial charge in [-0.2, -0.15) is 0 Å². The van der Waals surface area contributed by atoms with Crippen LogP contribution in [0, 0.1) is 13.8 Å². The Morgan fingerprint density at radius 2 is 1.79 bits per heavy atom. The molecule has 0 amide bonds. The van der Waals surface area contributed by atoms with Crippen molar-refractivity contribution in [1.29, 1.82) is 0 Å². The van der Waals surface area contributed by atoms with Crippen LogP contribution in [0.3, 0.4) is 0 Å². The molecule has 0 N–H and O–H groups in total. The van der Waals surface area contributed by atoms with Gasteiger partial charge < -0.3 is 0 Å². The molecule has 0 fully saturated rings. The molecule has 0 spiro atoms. The van der Waals surface area contributed by atoms with E-state index in [4.69, 9.17) is 6.85 Å². The summed E-state index contributed by atoms with van der Waals surface area (Å²) in [5.41, 5.74) is 2.52. The van der Waals surface area contributed by atoms with Crippen LogP contribution in [-0.2, 0) is 0 Å². The minimum atomic E-state index is -0.386. The number of aromatic nitrogens is 1. The molecule has 1 heteroatoms. The van der Waals surface area contributed by atoms with E-state index < -0.39 is 0 Å². The lowest BCUT2D eigenvalue weighted by Crippen LogP contribution is -1.87. The summed E-state index contributed by atoms with van der Waals surface area (Å²) in [7, 11) is 0. The van der Waals surface area contributed by atoms with E-state index in [1.165, 1.54) is 0 Å². The summed E-state index contributed by atoms with van der Waals surface area (Å²) in [6, 6.07) is 0.238. The first kappa shape index (κ1) is 4.74. The van der Waals surface area contributed by atoms with E-state index in [0.717, 1.165) is 11.1 Å². The third-order valence-corrected chi connectivity index (χ3v) is 2.13. The van der Waals surface area contributed by atoms with E-state index in [2.05, 4.69) is 4.98 Å². The van der Waals surface area contributed by atoms with E-state index in [1.54, 1.807) is 12.3 Å². The van der Waals surface area contributed by atoms with Gasteiger partial charge in [0.2, 0.25) is 0 Å². The Morgan fingerprint density at radius 3 is 2.43 bits per heavy atom. The smallest absolute Gasteiger partial charge is 0.0704 e. The average molecular weight is 188 g/mol. The normalized spacial score (nSPS) is 15.1. The molecule has 0 unspecified atom stereocenters. The van der Waals surface area contributed by atoms with Crippen molar-refractivity contribution in [3.05, 3.63) is 53.6 Å². The maximum Gasteiger partial charge on any atom is 0.0704 e. The topological polar surface area (TPSA) is 12.9 Å². The molecule has 0 atom stereocenters. The molecule has 2 aromatic rings. The molecular weight excluding hydrogens is 170 g/mol. The van der Waals surface area contributed by atoms with Crippen LogP contribution in [0.1, 0.15) is 18.0 Å². The van der Waals surface area contributed by atoms with E-state index >= 15 is 0 Å². The number of hydrogen-bond donors (Lipinski definition) is 0. The van der Waals surface area contributed by atoms with Crippen LogP contribution in [0.5, 0.6) is 0 Å². The summed E-state index contributed by atoms with van der Waals surface area (Å²) in [4.78, 5) is 4.18. The number of rotatable bonds is 1. The third-order valence-electron chi connectivity index (χ3n) is 2.13. The molecular formula is C13H13N. The molecule has 0 aliphatic rings. The molecule has 0 radical (unpaired) electrons. The van der Waals surface area contributed by atoms with Gasteiger partial charge in [-0.1, -0.05) is 30.2 Å². The first-order chi connectivity index (χ1) is 8.84. The predicted molar refractivity (Wildman–Crippen MR) is 59.1 cm³/mol. The SMILES string of the molecule is [2H]c1c([2H])c([2H])c(-c2cc(C)c(C)cn2)c([2H])c1[2H]. The highest BCUT2D eigenvalue weighted by Gasteiger charge is 1.99. The Balaban J connectivity index is 2.79. The summed E-state index contributed by atoms with van der Waals surface area (Å²) in [5, 5.41) is 0. The lowest BCUT2D eigenvalue weighted by molar-refractivity contribution is 1.22. The number of nitrogens with zero attached hydrogens (tertiary/aromatic N) is 1. The molecule has 2 rings (SSSR count). The fraction of sp³-hybridized carbons (Fsp3) is 0.154. The molecule has 0 saturated carbocycles. The van der Waals surface area contributed by atoms with Crippen LogP contribution in [0.15, 0.2) is 42.5 Å². The molecule has 0 bridgehead atoms. The summed E-state index contributed by atoms with van der Waals surface area (Å²) in [5.74, 6) is 0. The zero-order chi connectivity index (χ0) is 14.3. The van der Waals surface area contributed by atoms with Gasteiger partial charge in [0.25, 0.3) is 0 Å². The van der Waals surface area contributed by atoms with Crippen LogP contribution >= 0.6 is 0 Å². The lowest BCUT2D eigenvalue weighted by Gasteiger charge is -2.03. The quantitative estimate of drug-likeness (QED) is 0.668. The molecule has 0 aliphatic heterocycles. The van der Waals surface area contributed by atoms with Crippen LogP contribution < -0.4 is 0 Å². The number of pyridine rings is 1.